The molecule has 3 aromatic rings. The van der Waals surface area contributed by atoms with Crippen molar-refractivity contribution in [1.29, 1.82) is 0 Å². The van der Waals surface area contributed by atoms with E-state index >= 15 is 0 Å². The molecular weight excluding hydrogens is 362 g/mol. The van der Waals surface area contributed by atoms with Gasteiger partial charge in [0.15, 0.2) is 5.82 Å². The molecule has 0 amide bonds. The van der Waals surface area contributed by atoms with Gasteiger partial charge in [-0.25, -0.2) is 26.9 Å². The van der Waals surface area contributed by atoms with E-state index in [1.54, 1.807) is 12.1 Å². The standard InChI is InChI=1S/C17H16F2N4O2S/c18-13-7-5-12(6-8-13)11-17-21-16(22-23-17)9-10-20-26(24,25)15-4-2-1-3-14(15)19/h1-8,20H,9-11H2,(H,21,22,23). The van der Waals surface area contributed by atoms with E-state index in [9.17, 15) is 17.2 Å². The molecule has 26 heavy (non-hydrogen) atoms. The van der Waals surface area contributed by atoms with Crippen LogP contribution in [-0.4, -0.2) is 30.1 Å². The van der Waals surface area contributed by atoms with Crippen LogP contribution in [0, 0.1) is 11.6 Å². The molecule has 0 aliphatic rings. The monoisotopic (exact) mass is 378 g/mol. The normalized spacial score (nSPS) is 11.6. The molecular formula is C17H16F2N4O2S. The van der Waals surface area contributed by atoms with E-state index < -0.39 is 20.7 Å². The van der Waals surface area contributed by atoms with Gasteiger partial charge in [0, 0.05) is 19.4 Å². The highest BCUT2D eigenvalue weighted by Crippen LogP contribution is 2.13. The largest absolute Gasteiger partial charge is 0.263 e. The van der Waals surface area contributed by atoms with E-state index in [0.717, 1.165) is 11.6 Å². The summed E-state index contributed by atoms with van der Waals surface area (Å²) in [5.41, 5.74) is 0.870. The van der Waals surface area contributed by atoms with Crippen molar-refractivity contribution in [2.45, 2.75) is 17.7 Å². The average molecular weight is 378 g/mol. The fraction of sp³-hybridized carbons (Fsp3) is 0.176. The number of aromatic nitrogens is 3. The van der Waals surface area contributed by atoms with Crippen molar-refractivity contribution in [3.63, 3.8) is 0 Å². The molecule has 1 aromatic heterocycles. The number of hydrogen-bond donors (Lipinski definition) is 2. The molecule has 0 aliphatic carbocycles. The molecule has 2 N–H and O–H groups in total. The Labute approximate surface area is 149 Å². The maximum atomic E-state index is 13.6. The molecule has 136 valence electrons. The van der Waals surface area contributed by atoms with Crippen molar-refractivity contribution in [1.82, 2.24) is 19.9 Å². The summed E-state index contributed by atoms with van der Waals surface area (Å²) in [5, 5.41) is 6.79. The average Bonchev–Trinajstić information content (AvgIpc) is 3.04. The minimum Gasteiger partial charge on any atom is -0.263 e. The third-order valence-electron chi connectivity index (χ3n) is 3.63. The van der Waals surface area contributed by atoms with E-state index in [0.29, 0.717) is 18.1 Å². The van der Waals surface area contributed by atoms with Crippen molar-refractivity contribution in [3.8, 4) is 0 Å². The van der Waals surface area contributed by atoms with Gasteiger partial charge >= 0.3 is 0 Å². The van der Waals surface area contributed by atoms with Gasteiger partial charge in [0.05, 0.1) is 0 Å². The van der Waals surface area contributed by atoms with Crippen LogP contribution in [0.3, 0.4) is 0 Å². The Balaban J connectivity index is 1.56. The summed E-state index contributed by atoms with van der Waals surface area (Å²) < 4.78 is 53.0. The first kappa shape index (κ1) is 18.2. The van der Waals surface area contributed by atoms with Crippen molar-refractivity contribution in [2.24, 2.45) is 0 Å². The van der Waals surface area contributed by atoms with Gasteiger partial charge in [-0.1, -0.05) is 24.3 Å². The maximum Gasteiger partial charge on any atom is 0.243 e. The lowest BCUT2D eigenvalue weighted by molar-refractivity contribution is 0.556. The molecule has 0 bridgehead atoms. The molecule has 2 aromatic carbocycles. The van der Waals surface area contributed by atoms with Crippen molar-refractivity contribution in [2.75, 3.05) is 6.54 Å². The number of rotatable bonds is 7. The first-order valence-corrected chi connectivity index (χ1v) is 9.31. The molecule has 0 saturated heterocycles. The van der Waals surface area contributed by atoms with Crippen molar-refractivity contribution in [3.05, 3.63) is 77.4 Å². The fourth-order valence-electron chi connectivity index (χ4n) is 2.36. The minimum absolute atomic E-state index is 0.0323. The number of nitrogens with one attached hydrogen (secondary N) is 2. The number of aromatic amines is 1. The van der Waals surface area contributed by atoms with Gasteiger partial charge in [0.1, 0.15) is 22.4 Å². The van der Waals surface area contributed by atoms with Gasteiger partial charge in [-0.15, -0.1) is 0 Å². The van der Waals surface area contributed by atoms with Crippen LogP contribution in [0.1, 0.15) is 17.2 Å². The molecule has 0 radical (unpaired) electrons. The lowest BCUT2D eigenvalue weighted by atomic mass is 10.1. The first-order chi connectivity index (χ1) is 12.4. The zero-order valence-corrected chi connectivity index (χ0v) is 14.4. The zero-order valence-electron chi connectivity index (χ0n) is 13.6. The summed E-state index contributed by atoms with van der Waals surface area (Å²) in [6, 6.07) is 11.2. The highest BCUT2D eigenvalue weighted by Gasteiger charge is 2.18. The van der Waals surface area contributed by atoms with E-state index in [1.165, 1.54) is 30.3 Å². The van der Waals surface area contributed by atoms with E-state index in [1.807, 2.05) is 0 Å². The quantitative estimate of drug-likeness (QED) is 0.660. The van der Waals surface area contributed by atoms with Crippen LogP contribution in [-0.2, 0) is 22.9 Å². The van der Waals surface area contributed by atoms with Crippen LogP contribution in [0.4, 0.5) is 8.78 Å². The summed E-state index contributed by atoms with van der Waals surface area (Å²) >= 11 is 0. The van der Waals surface area contributed by atoms with Crippen LogP contribution in [0.2, 0.25) is 0 Å². The molecule has 0 fully saturated rings. The van der Waals surface area contributed by atoms with Gasteiger partial charge < -0.3 is 0 Å². The molecule has 0 saturated carbocycles. The van der Waals surface area contributed by atoms with Gasteiger partial charge in [-0.3, -0.25) is 5.10 Å². The van der Waals surface area contributed by atoms with Gasteiger partial charge in [-0.2, -0.15) is 5.10 Å². The third kappa shape index (κ3) is 4.50. The topological polar surface area (TPSA) is 87.7 Å². The Kier molecular flexibility index (Phi) is 5.38. The van der Waals surface area contributed by atoms with Crippen LogP contribution >= 0.6 is 0 Å². The van der Waals surface area contributed by atoms with Gasteiger partial charge in [-0.05, 0) is 29.8 Å². The van der Waals surface area contributed by atoms with Crippen LogP contribution in [0.25, 0.3) is 0 Å². The molecule has 0 atom stereocenters. The molecule has 9 heteroatoms. The molecule has 3 rings (SSSR count). The van der Waals surface area contributed by atoms with Crippen LogP contribution < -0.4 is 4.72 Å². The Hall–Kier alpha value is -2.65. The van der Waals surface area contributed by atoms with E-state index in [2.05, 4.69) is 19.9 Å². The second-order valence-electron chi connectivity index (χ2n) is 5.58. The van der Waals surface area contributed by atoms with Crippen molar-refractivity contribution >= 4 is 10.0 Å². The number of nitrogens with zero attached hydrogens (tertiary/aromatic N) is 2. The number of benzene rings is 2. The lowest BCUT2D eigenvalue weighted by Crippen LogP contribution is -2.27. The van der Waals surface area contributed by atoms with Crippen LogP contribution in [0.5, 0.6) is 0 Å². The SMILES string of the molecule is O=S(=O)(NCCc1n[nH]c(Cc2ccc(F)cc2)n1)c1ccccc1F. The number of sulfonamides is 1. The maximum absolute atomic E-state index is 13.6. The Morgan fingerprint density at radius 2 is 1.77 bits per heavy atom. The van der Waals surface area contributed by atoms with Crippen molar-refractivity contribution < 1.29 is 17.2 Å². The zero-order chi connectivity index (χ0) is 18.6. The smallest absolute Gasteiger partial charge is 0.243 e. The summed E-state index contributed by atoms with van der Waals surface area (Å²) in [7, 11) is -3.93. The van der Waals surface area contributed by atoms with E-state index in [-0.39, 0.29) is 18.8 Å². The molecule has 1 heterocycles. The number of hydrogen-bond acceptors (Lipinski definition) is 4. The summed E-state index contributed by atoms with van der Waals surface area (Å²) in [6.07, 6.45) is 0.696. The second kappa shape index (κ2) is 7.71. The van der Waals surface area contributed by atoms with Crippen LogP contribution in [0.15, 0.2) is 53.4 Å². The Bertz CT molecular complexity index is 988. The Morgan fingerprint density at radius 3 is 2.50 bits per heavy atom. The van der Waals surface area contributed by atoms with Gasteiger partial charge in [0.25, 0.3) is 0 Å². The predicted octanol–water partition coefficient (Wildman–Crippen LogP) is 2.19. The predicted molar refractivity (Wildman–Crippen MR) is 90.9 cm³/mol. The molecule has 0 unspecified atom stereocenters. The second-order valence-corrected chi connectivity index (χ2v) is 7.32. The van der Waals surface area contributed by atoms with E-state index in [4.69, 9.17) is 0 Å². The molecule has 0 aliphatic heterocycles. The Morgan fingerprint density at radius 1 is 1.04 bits per heavy atom. The number of halogens is 2. The van der Waals surface area contributed by atoms with Gasteiger partial charge in [0.2, 0.25) is 10.0 Å². The number of H-pyrrole nitrogens is 1. The summed E-state index contributed by atoms with van der Waals surface area (Å²) in [6.45, 7) is 0.0323. The first-order valence-electron chi connectivity index (χ1n) is 7.83. The third-order valence-corrected chi connectivity index (χ3v) is 5.12. The fourth-order valence-corrected chi connectivity index (χ4v) is 3.47. The highest BCUT2D eigenvalue weighted by atomic mass is 32.2. The summed E-state index contributed by atoms with van der Waals surface area (Å²) in [5.74, 6) is -0.101. The summed E-state index contributed by atoms with van der Waals surface area (Å²) in [4.78, 5) is 3.87. The highest BCUT2D eigenvalue weighted by molar-refractivity contribution is 7.89. The lowest BCUT2D eigenvalue weighted by Gasteiger charge is -2.06. The minimum atomic E-state index is -3.93. The molecule has 0 spiro atoms. The molecule has 6 nitrogen and oxygen atoms in total.